The Morgan fingerprint density at radius 1 is 1.25 bits per heavy atom. The van der Waals surface area contributed by atoms with Gasteiger partial charge in [0.2, 0.25) is 5.88 Å². The van der Waals surface area contributed by atoms with Crippen LogP contribution in [0.2, 0.25) is 5.02 Å². The molecule has 1 spiro atoms. The summed E-state index contributed by atoms with van der Waals surface area (Å²) in [6.07, 6.45) is 9.38. The lowest BCUT2D eigenvalue weighted by Gasteiger charge is -2.45. The maximum atomic E-state index is 14.7. The molecule has 3 aromatic rings. The number of carbonyl (C=O) groups excluding carboxylic acids is 2. The van der Waals surface area contributed by atoms with E-state index in [-0.39, 0.29) is 40.2 Å². The Balaban J connectivity index is 1.39. The second kappa shape index (κ2) is 15.7. The molecule has 1 aromatic heterocycles. The molecular formula is C40H50ClN5O6S. The maximum absolute atomic E-state index is 14.7. The highest BCUT2D eigenvalue weighted by molar-refractivity contribution is 7.93. The first kappa shape index (κ1) is 38.6. The van der Waals surface area contributed by atoms with E-state index >= 15 is 0 Å². The first-order chi connectivity index (χ1) is 25.3. The summed E-state index contributed by atoms with van der Waals surface area (Å²) in [4.78, 5) is 30.0. The molecule has 0 saturated heterocycles. The van der Waals surface area contributed by atoms with E-state index in [0.29, 0.717) is 36.9 Å². The summed E-state index contributed by atoms with van der Waals surface area (Å²) < 4.78 is 34.9. The van der Waals surface area contributed by atoms with Crippen molar-refractivity contribution in [3.8, 4) is 11.6 Å². The highest BCUT2D eigenvalue weighted by atomic mass is 35.5. The molecule has 1 fully saturated rings. The predicted molar refractivity (Wildman–Crippen MR) is 208 cm³/mol. The second-order valence-corrected chi connectivity index (χ2v) is 17.5. The number of ether oxygens (including phenoxy) is 2. The number of nitrogens with zero attached hydrogens (tertiary/aromatic N) is 4. The second-order valence-electron chi connectivity index (χ2n) is 14.8. The summed E-state index contributed by atoms with van der Waals surface area (Å²) in [6.45, 7) is 13.0. The zero-order valence-corrected chi connectivity index (χ0v) is 32.5. The molecule has 6 rings (SSSR count). The zero-order chi connectivity index (χ0) is 38.1. The van der Waals surface area contributed by atoms with Crippen molar-refractivity contribution in [1.82, 2.24) is 14.5 Å². The van der Waals surface area contributed by atoms with Crippen molar-refractivity contribution in [2.45, 2.75) is 69.1 Å². The molecule has 2 heterocycles. The van der Waals surface area contributed by atoms with Gasteiger partial charge in [-0.3, -0.25) is 19.0 Å². The highest BCUT2D eigenvalue weighted by Gasteiger charge is 2.44. The van der Waals surface area contributed by atoms with Crippen LogP contribution >= 0.6 is 11.6 Å². The predicted octanol–water partition coefficient (Wildman–Crippen LogP) is 6.68. The van der Waals surface area contributed by atoms with Gasteiger partial charge in [-0.1, -0.05) is 36.7 Å². The molecule has 7 atom stereocenters. The monoisotopic (exact) mass is 763 g/mol. The molecule has 1 aliphatic heterocycles. The third-order valence-corrected chi connectivity index (χ3v) is 14.1. The van der Waals surface area contributed by atoms with Crippen molar-refractivity contribution in [3.63, 3.8) is 0 Å². The topological polar surface area (TPSA) is 135 Å². The number of aliphatic hydroxyl groups is 1. The summed E-state index contributed by atoms with van der Waals surface area (Å²) in [5.41, 5.74) is 3.12. The van der Waals surface area contributed by atoms with E-state index in [0.717, 1.165) is 37.8 Å². The number of aromatic nitrogens is 2. The van der Waals surface area contributed by atoms with Gasteiger partial charge in [0.1, 0.15) is 21.2 Å². The maximum Gasteiger partial charge on any atom is 0.286 e. The first-order valence-corrected chi connectivity index (χ1v) is 20.2. The van der Waals surface area contributed by atoms with Gasteiger partial charge in [-0.15, -0.1) is 22.6 Å². The number of hydrogen-bond donors (Lipinski definition) is 2. The quantitative estimate of drug-likeness (QED) is 0.195. The fraction of sp³-hybridized carbons (Fsp3) is 0.475. The van der Waals surface area contributed by atoms with Crippen LogP contribution in [0.15, 0.2) is 72.3 Å². The molecule has 3 aliphatic rings. The number of fused-ring (bicyclic) bond motifs is 3. The molecule has 1 saturated carbocycles. The number of hydrogen-bond acceptors (Lipinski definition) is 8. The van der Waals surface area contributed by atoms with Gasteiger partial charge in [0, 0.05) is 42.3 Å². The van der Waals surface area contributed by atoms with Crippen LogP contribution in [0.25, 0.3) is 0 Å². The molecule has 2 N–H and O–H groups in total. The number of aliphatic hydroxyl groups excluding tert-OH is 1. The number of allylic oxidation sites excluding steroid dienone is 1. The standard InChI is InChI=1S/C40H50ClN5O6S/c1-7-10-25(3)26(4)53(50,44-38(49)32-22-45(5)42-39(32)51-6)43-37(48)28-13-17-36-34(20-28)46(21-29-12-15-31(29)35(47)8-2)23-40(24-52-36)18-9-11-27-19-30(41)14-16-33(27)40/h7-8,13-14,16-17,19-20,22,25-26,29,31,35,47H,1-2,9-12,15,18,21,23-24H2,3-6H3,(H,43,44,48,49,50). The fourth-order valence-corrected chi connectivity index (χ4v) is 10.1. The summed E-state index contributed by atoms with van der Waals surface area (Å²) in [5.74, 6) is -0.694. The number of anilines is 1. The highest BCUT2D eigenvalue weighted by Crippen LogP contribution is 2.46. The van der Waals surface area contributed by atoms with E-state index in [1.807, 2.05) is 13.0 Å². The zero-order valence-electron chi connectivity index (χ0n) is 30.9. The lowest BCUT2D eigenvalue weighted by molar-refractivity contribution is 0.0460. The summed E-state index contributed by atoms with van der Waals surface area (Å²) in [5, 5.41) is 14.9. The number of aryl methyl sites for hydroxylation is 2. The summed E-state index contributed by atoms with van der Waals surface area (Å²) in [7, 11) is -0.661. The van der Waals surface area contributed by atoms with Crippen LogP contribution in [-0.2, 0) is 28.8 Å². The molecule has 53 heavy (non-hydrogen) atoms. The number of rotatable bonds is 12. The Hall–Kier alpha value is -4.13. The minimum atomic E-state index is -3.69. The number of halogens is 1. The van der Waals surface area contributed by atoms with Crippen LogP contribution < -0.4 is 19.1 Å². The Morgan fingerprint density at radius 2 is 2.04 bits per heavy atom. The molecule has 7 unspecified atom stereocenters. The Kier molecular flexibility index (Phi) is 11.4. The molecule has 284 valence electrons. The largest absolute Gasteiger partial charge is 0.490 e. The van der Waals surface area contributed by atoms with Crippen molar-refractivity contribution in [3.05, 3.63) is 95.2 Å². The van der Waals surface area contributed by atoms with Gasteiger partial charge < -0.3 is 19.5 Å². The van der Waals surface area contributed by atoms with E-state index in [1.165, 1.54) is 29.1 Å². The van der Waals surface area contributed by atoms with Crippen LogP contribution in [0.5, 0.6) is 11.6 Å². The third-order valence-electron chi connectivity index (χ3n) is 11.4. The number of carbonyl (C=O) groups is 2. The molecule has 11 nitrogen and oxygen atoms in total. The number of nitrogens with one attached hydrogen (secondary N) is 1. The van der Waals surface area contributed by atoms with Gasteiger partial charge >= 0.3 is 0 Å². The summed E-state index contributed by atoms with van der Waals surface area (Å²) >= 11 is 6.44. The third kappa shape index (κ3) is 7.77. The number of benzene rings is 2. The summed E-state index contributed by atoms with van der Waals surface area (Å²) in [6, 6.07) is 11.3. The minimum Gasteiger partial charge on any atom is -0.490 e. The van der Waals surface area contributed by atoms with Crippen LogP contribution in [0.3, 0.4) is 0 Å². The molecule has 2 aromatic carbocycles. The molecule has 2 amide bonds. The van der Waals surface area contributed by atoms with E-state index in [9.17, 15) is 18.9 Å². The Morgan fingerprint density at radius 3 is 2.74 bits per heavy atom. The normalized spacial score (nSPS) is 23.4. The van der Waals surface area contributed by atoms with Crippen LogP contribution in [-0.4, -0.2) is 69.1 Å². The average molecular weight is 764 g/mol. The Labute approximate surface area is 317 Å². The first-order valence-electron chi connectivity index (χ1n) is 18.2. The lowest BCUT2D eigenvalue weighted by atomic mass is 9.68. The van der Waals surface area contributed by atoms with Crippen LogP contribution in [0, 0.1) is 17.8 Å². The number of amides is 2. The van der Waals surface area contributed by atoms with Crippen molar-refractivity contribution < 1.29 is 28.4 Å². The van der Waals surface area contributed by atoms with Crippen molar-refractivity contribution in [1.29, 1.82) is 0 Å². The minimum absolute atomic E-state index is 0.0616. The van der Waals surface area contributed by atoms with E-state index in [2.05, 4.69) is 44.4 Å². The molecular weight excluding hydrogens is 714 g/mol. The molecule has 13 heteroatoms. The fourth-order valence-electron chi connectivity index (χ4n) is 8.08. The SMILES string of the molecule is C=CCC(C)C(C)S(=O)(=NC(=O)c1ccc2c(c1)N(CC1CCC1C(O)C=C)CC1(CCCc3cc(Cl)ccc31)CO2)NC(=O)c1cn(C)nc1OC. The average Bonchev–Trinajstić information content (AvgIpc) is 3.44. The molecule has 2 aliphatic carbocycles. The van der Waals surface area contributed by atoms with Gasteiger partial charge in [0.25, 0.3) is 11.8 Å². The smallest absolute Gasteiger partial charge is 0.286 e. The molecule has 0 radical (unpaired) electrons. The van der Waals surface area contributed by atoms with Crippen molar-refractivity contribution in [2.75, 3.05) is 31.7 Å². The van der Waals surface area contributed by atoms with Crippen molar-refractivity contribution in [2.24, 2.45) is 29.2 Å². The van der Waals surface area contributed by atoms with E-state index in [4.69, 9.17) is 21.1 Å². The van der Waals surface area contributed by atoms with Gasteiger partial charge in [-0.2, -0.15) is 0 Å². The van der Waals surface area contributed by atoms with Gasteiger partial charge in [-0.25, -0.2) is 4.21 Å². The van der Waals surface area contributed by atoms with Crippen LogP contribution in [0.4, 0.5) is 5.69 Å². The van der Waals surface area contributed by atoms with Gasteiger partial charge in [0.05, 0.1) is 30.8 Å². The van der Waals surface area contributed by atoms with E-state index < -0.39 is 33.1 Å². The van der Waals surface area contributed by atoms with E-state index in [1.54, 1.807) is 44.3 Å². The lowest BCUT2D eigenvalue weighted by Crippen LogP contribution is -2.49. The number of methoxy groups -OCH3 is 1. The molecule has 0 bridgehead atoms. The van der Waals surface area contributed by atoms with Crippen LogP contribution in [0.1, 0.15) is 77.8 Å². The Bertz CT molecular complexity index is 2020. The van der Waals surface area contributed by atoms with Gasteiger partial charge in [-0.05, 0) is 105 Å². The van der Waals surface area contributed by atoms with Crippen molar-refractivity contribution >= 4 is 39.0 Å². The van der Waals surface area contributed by atoms with Gasteiger partial charge in [0.15, 0.2) is 0 Å².